The minimum Gasteiger partial charge on any atom is -0.355 e. The number of piperidine rings is 1. The summed E-state index contributed by atoms with van der Waals surface area (Å²) in [5.74, 6) is 1.20. The number of amides is 1. The van der Waals surface area contributed by atoms with E-state index in [1.807, 2.05) is 13.0 Å². The van der Waals surface area contributed by atoms with E-state index < -0.39 is 11.7 Å². The number of aromatic amines is 1. The lowest BCUT2D eigenvalue weighted by Crippen LogP contribution is -2.49. The maximum Gasteiger partial charge on any atom is 0.230 e. The molecule has 0 bridgehead atoms. The lowest BCUT2D eigenvalue weighted by molar-refractivity contribution is -0.231. The fourth-order valence-corrected chi connectivity index (χ4v) is 4.89. The van der Waals surface area contributed by atoms with E-state index in [0.717, 1.165) is 31.5 Å². The van der Waals surface area contributed by atoms with Gasteiger partial charge in [-0.05, 0) is 81.9 Å². The molecule has 4 N–H and O–H groups in total. The Hall–Kier alpha value is -3.41. The van der Waals surface area contributed by atoms with Gasteiger partial charge in [-0.15, -0.1) is 0 Å². The first-order valence-electron chi connectivity index (χ1n) is 13.6. The molecule has 2 aromatic heterocycles. The van der Waals surface area contributed by atoms with Gasteiger partial charge in [-0.25, -0.2) is 19.3 Å². The lowest BCUT2D eigenvalue weighted by Gasteiger charge is -2.35. The Balaban J connectivity index is 1.24. The third-order valence-corrected chi connectivity index (χ3v) is 7.55. The topological polar surface area (TPSA) is 126 Å². The van der Waals surface area contributed by atoms with Gasteiger partial charge in [-0.3, -0.25) is 4.79 Å². The van der Waals surface area contributed by atoms with E-state index in [2.05, 4.69) is 25.9 Å². The summed E-state index contributed by atoms with van der Waals surface area (Å²) >= 11 is 0. The number of anilines is 1. The minimum absolute atomic E-state index is 0.0604. The number of halogens is 1. The van der Waals surface area contributed by atoms with Crippen molar-refractivity contribution in [1.29, 1.82) is 0 Å². The first-order valence-corrected chi connectivity index (χ1v) is 13.6. The van der Waals surface area contributed by atoms with Gasteiger partial charge in [0.1, 0.15) is 5.82 Å². The number of aromatic nitrogens is 4. The molecule has 0 spiro atoms. The van der Waals surface area contributed by atoms with Gasteiger partial charge >= 0.3 is 0 Å². The summed E-state index contributed by atoms with van der Waals surface area (Å²) in [6.45, 7) is 4.87. The molecule has 6 rings (SSSR count). The predicted octanol–water partition coefficient (Wildman–Crippen LogP) is 3.41. The molecule has 3 fully saturated rings. The average molecular weight is 536 g/mol. The molecule has 10 nitrogen and oxygen atoms in total. The molecule has 1 amide bonds. The summed E-state index contributed by atoms with van der Waals surface area (Å²) in [4.78, 5) is 30.1. The van der Waals surface area contributed by atoms with E-state index >= 15 is 0 Å². The highest BCUT2D eigenvalue weighted by Crippen LogP contribution is 2.36. The van der Waals surface area contributed by atoms with E-state index in [4.69, 9.17) is 19.4 Å². The highest BCUT2D eigenvalue weighted by atomic mass is 19.1. The van der Waals surface area contributed by atoms with Crippen molar-refractivity contribution in [1.82, 2.24) is 30.6 Å². The van der Waals surface area contributed by atoms with Crippen molar-refractivity contribution in [3.05, 3.63) is 48.2 Å². The molecule has 1 aromatic carbocycles. The van der Waals surface area contributed by atoms with Crippen LogP contribution >= 0.6 is 0 Å². The number of hydrogen-bond donors (Lipinski definition) is 4. The first-order chi connectivity index (χ1) is 19.0. The minimum atomic E-state index is -0.781. The first kappa shape index (κ1) is 25.8. The van der Waals surface area contributed by atoms with E-state index in [1.165, 1.54) is 25.0 Å². The summed E-state index contributed by atoms with van der Waals surface area (Å²) in [5, 5.41) is 9.82. The van der Waals surface area contributed by atoms with Crippen molar-refractivity contribution in [2.24, 2.45) is 11.3 Å². The monoisotopic (exact) mass is 535 g/mol. The lowest BCUT2D eigenvalue weighted by atomic mass is 9.91. The Morgan fingerprint density at radius 2 is 1.82 bits per heavy atom. The van der Waals surface area contributed by atoms with E-state index in [1.54, 1.807) is 18.3 Å². The number of carbonyl (C=O) groups is 1. The van der Waals surface area contributed by atoms with Crippen LogP contribution in [0.5, 0.6) is 0 Å². The summed E-state index contributed by atoms with van der Waals surface area (Å²) in [7, 11) is 0. The van der Waals surface area contributed by atoms with Crippen LogP contribution in [0.1, 0.15) is 44.7 Å². The van der Waals surface area contributed by atoms with Gasteiger partial charge in [0.25, 0.3) is 0 Å². The fourth-order valence-electron chi connectivity index (χ4n) is 4.89. The Labute approximate surface area is 226 Å². The Morgan fingerprint density at radius 3 is 2.54 bits per heavy atom. The zero-order chi connectivity index (χ0) is 26.8. The molecular formula is C28H34FN7O3. The number of benzene rings is 1. The SMILES string of the molecule is CC1(C(=O)NCC2CC2)COC(c2nc(-c3ccc(F)cc3)c(-c3ccnc(NC4CCNCC4)n3)[nH]2)OC1. The summed E-state index contributed by atoms with van der Waals surface area (Å²) in [6, 6.07) is 8.26. The van der Waals surface area contributed by atoms with Crippen LogP contribution in [-0.4, -0.2) is 64.7 Å². The average Bonchev–Trinajstić information content (AvgIpc) is 3.69. The van der Waals surface area contributed by atoms with Crippen molar-refractivity contribution < 1.29 is 18.7 Å². The van der Waals surface area contributed by atoms with Gasteiger partial charge in [-0.2, -0.15) is 0 Å². The molecule has 1 aliphatic carbocycles. The van der Waals surface area contributed by atoms with Gasteiger partial charge < -0.3 is 30.4 Å². The van der Waals surface area contributed by atoms with Crippen LogP contribution in [0.4, 0.5) is 10.3 Å². The van der Waals surface area contributed by atoms with Crippen molar-refractivity contribution in [3.63, 3.8) is 0 Å². The predicted molar refractivity (Wildman–Crippen MR) is 143 cm³/mol. The van der Waals surface area contributed by atoms with Crippen molar-refractivity contribution in [2.45, 2.75) is 44.9 Å². The quantitative estimate of drug-likeness (QED) is 0.346. The van der Waals surface area contributed by atoms with Crippen LogP contribution in [0.15, 0.2) is 36.5 Å². The molecule has 1 saturated carbocycles. The molecular weight excluding hydrogens is 501 g/mol. The number of carbonyl (C=O) groups excluding carboxylic acids is 1. The van der Waals surface area contributed by atoms with Crippen LogP contribution < -0.4 is 16.0 Å². The zero-order valence-corrected chi connectivity index (χ0v) is 22.0. The maximum absolute atomic E-state index is 13.7. The smallest absolute Gasteiger partial charge is 0.230 e. The molecule has 0 unspecified atom stereocenters. The molecule has 2 aliphatic heterocycles. The van der Waals surface area contributed by atoms with Gasteiger partial charge in [0, 0.05) is 24.3 Å². The Morgan fingerprint density at radius 1 is 1.08 bits per heavy atom. The summed E-state index contributed by atoms with van der Waals surface area (Å²) < 4.78 is 25.7. The molecule has 3 aromatic rings. The van der Waals surface area contributed by atoms with Crippen LogP contribution in [-0.2, 0) is 14.3 Å². The van der Waals surface area contributed by atoms with Crippen LogP contribution in [0.25, 0.3) is 22.6 Å². The Bertz CT molecular complexity index is 1300. The molecule has 206 valence electrons. The summed E-state index contributed by atoms with van der Waals surface area (Å²) in [5.41, 5.74) is 1.83. The molecule has 3 aliphatic rings. The van der Waals surface area contributed by atoms with E-state index in [0.29, 0.717) is 47.4 Å². The highest BCUT2D eigenvalue weighted by molar-refractivity contribution is 5.82. The molecule has 39 heavy (non-hydrogen) atoms. The second-order valence-corrected chi connectivity index (χ2v) is 11.0. The largest absolute Gasteiger partial charge is 0.355 e. The number of nitrogens with zero attached hydrogens (tertiary/aromatic N) is 3. The Kier molecular flexibility index (Phi) is 7.28. The van der Waals surface area contributed by atoms with Gasteiger partial charge in [-0.1, -0.05) is 0 Å². The van der Waals surface area contributed by atoms with Crippen molar-refractivity contribution >= 4 is 11.9 Å². The molecule has 2 saturated heterocycles. The fraction of sp³-hybridized carbons (Fsp3) is 0.500. The van der Waals surface area contributed by atoms with Gasteiger partial charge in [0.05, 0.1) is 35.7 Å². The zero-order valence-electron chi connectivity index (χ0n) is 22.0. The second-order valence-electron chi connectivity index (χ2n) is 11.0. The van der Waals surface area contributed by atoms with Gasteiger partial charge in [0.2, 0.25) is 18.1 Å². The normalized spacial score (nSPS) is 23.9. The third kappa shape index (κ3) is 5.95. The number of H-pyrrole nitrogens is 1. The van der Waals surface area contributed by atoms with Gasteiger partial charge in [0.15, 0.2) is 5.82 Å². The maximum atomic E-state index is 13.7. The molecule has 0 radical (unpaired) electrons. The number of imidazole rings is 1. The number of ether oxygens (including phenoxy) is 2. The second kappa shape index (κ2) is 11.0. The van der Waals surface area contributed by atoms with Crippen LogP contribution in [0, 0.1) is 17.2 Å². The number of rotatable bonds is 8. The van der Waals surface area contributed by atoms with Crippen LogP contribution in [0.2, 0.25) is 0 Å². The van der Waals surface area contributed by atoms with Crippen molar-refractivity contribution in [3.8, 4) is 22.6 Å². The standard InChI is InChI=1S/C28H34FN7O3/c1-28(26(37)32-14-17-2-3-17)15-38-25(39-16-28)24-35-22(18-4-6-19(29)7-5-18)23(36-24)21-10-13-31-27(34-21)33-20-8-11-30-12-9-20/h4-7,10,13,17,20,25,30H,2-3,8-9,11-12,14-16H2,1H3,(H,32,37)(H,35,36)(H,31,33,34). The van der Waals surface area contributed by atoms with E-state index in [9.17, 15) is 9.18 Å². The third-order valence-electron chi connectivity index (χ3n) is 7.55. The highest BCUT2D eigenvalue weighted by Gasteiger charge is 2.41. The summed E-state index contributed by atoms with van der Waals surface area (Å²) in [6.07, 6.45) is 5.26. The molecule has 4 heterocycles. The molecule has 0 atom stereocenters. The van der Waals surface area contributed by atoms with Crippen LogP contribution in [0.3, 0.4) is 0 Å². The number of nitrogens with one attached hydrogen (secondary N) is 4. The molecule has 11 heteroatoms. The van der Waals surface area contributed by atoms with E-state index in [-0.39, 0.29) is 24.9 Å². The van der Waals surface area contributed by atoms with Crippen molar-refractivity contribution in [2.75, 3.05) is 38.2 Å². The number of hydrogen-bond acceptors (Lipinski definition) is 8.